The molecule has 0 bridgehead atoms. The number of rotatable bonds is 6. The van der Waals surface area contributed by atoms with Crippen molar-refractivity contribution in [3.8, 4) is 0 Å². The van der Waals surface area contributed by atoms with Crippen LogP contribution in [0.4, 0.5) is 5.13 Å². The number of carbonyl (C=O) groups excluding carboxylic acids is 4. The van der Waals surface area contributed by atoms with Crippen LogP contribution in [0.5, 0.6) is 0 Å². The molecule has 9 heteroatoms. The highest BCUT2D eigenvalue weighted by atomic mass is 32.1. The van der Waals surface area contributed by atoms with Gasteiger partial charge in [-0.25, -0.2) is 4.98 Å². The number of amides is 4. The number of hydrogen-bond donors (Lipinski definition) is 1. The van der Waals surface area contributed by atoms with E-state index in [0.717, 1.165) is 23.1 Å². The number of anilines is 1. The van der Waals surface area contributed by atoms with Gasteiger partial charge in [0.25, 0.3) is 17.7 Å². The summed E-state index contributed by atoms with van der Waals surface area (Å²) in [6.07, 6.45) is 2.86. The molecule has 1 unspecified atom stereocenters. The van der Waals surface area contributed by atoms with Gasteiger partial charge in [0, 0.05) is 18.7 Å². The first-order chi connectivity index (χ1) is 16.5. The molecule has 1 fully saturated rings. The quantitative estimate of drug-likeness (QED) is 0.544. The van der Waals surface area contributed by atoms with Gasteiger partial charge < -0.3 is 10.2 Å². The highest BCUT2D eigenvalue weighted by Gasteiger charge is 2.38. The molecule has 3 heterocycles. The molecule has 1 atom stereocenters. The molecule has 34 heavy (non-hydrogen) atoms. The molecule has 2 aliphatic rings. The Hall–Kier alpha value is -3.59. The molecule has 3 aromatic rings. The number of aromatic nitrogens is 1. The average molecular weight is 477 g/mol. The molecule has 8 nitrogen and oxygen atoms in total. The Labute approximate surface area is 200 Å². The zero-order valence-electron chi connectivity index (χ0n) is 18.7. The average Bonchev–Trinajstić information content (AvgIpc) is 3.54. The highest BCUT2D eigenvalue weighted by molar-refractivity contribution is 7.22. The lowest BCUT2D eigenvalue weighted by Crippen LogP contribution is -2.43. The molecule has 1 aromatic heterocycles. The van der Waals surface area contributed by atoms with E-state index in [4.69, 9.17) is 0 Å². The van der Waals surface area contributed by atoms with E-state index in [1.165, 1.54) is 22.3 Å². The van der Waals surface area contributed by atoms with Crippen LogP contribution in [0.3, 0.4) is 0 Å². The minimum absolute atomic E-state index is 0.252. The third-order valence-corrected chi connectivity index (χ3v) is 7.25. The summed E-state index contributed by atoms with van der Waals surface area (Å²) in [4.78, 5) is 58.9. The van der Waals surface area contributed by atoms with E-state index < -0.39 is 6.04 Å². The molecule has 4 amide bonds. The van der Waals surface area contributed by atoms with Gasteiger partial charge >= 0.3 is 0 Å². The van der Waals surface area contributed by atoms with Crippen molar-refractivity contribution in [3.63, 3.8) is 0 Å². The summed E-state index contributed by atoms with van der Waals surface area (Å²) in [5, 5.41) is 3.36. The second kappa shape index (κ2) is 8.98. The van der Waals surface area contributed by atoms with Crippen molar-refractivity contribution in [3.05, 3.63) is 59.2 Å². The van der Waals surface area contributed by atoms with Crippen molar-refractivity contribution >= 4 is 50.3 Å². The standard InChI is InChI=1S/C25H24N4O4S/c1-2-3-12-29-23(32)16-11-10-15(14-17(16)24(29)33)22(31)28-13-6-8-19(28)21(30)27-25-26-18-7-4-5-9-20(18)34-25/h4-5,7,9-11,14,19H,2-3,6,8,12-13H2,1H3,(H,26,27,30). The van der Waals surface area contributed by atoms with Gasteiger partial charge in [-0.15, -0.1) is 0 Å². The predicted octanol–water partition coefficient (Wildman–Crippen LogP) is 3.94. The van der Waals surface area contributed by atoms with E-state index in [2.05, 4.69) is 10.3 Å². The van der Waals surface area contributed by atoms with Crippen LogP contribution in [0.2, 0.25) is 0 Å². The summed E-state index contributed by atoms with van der Waals surface area (Å²) < 4.78 is 0.975. The van der Waals surface area contributed by atoms with Gasteiger partial charge in [-0.3, -0.25) is 24.1 Å². The van der Waals surface area contributed by atoms with Crippen LogP contribution in [-0.4, -0.2) is 57.5 Å². The number of thiazole rings is 1. The zero-order chi connectivity index (χ0) is 23.8. The van der Waals surface area contributed by atoms with Gasteiger partial charge in [0.15, 0.2) is 5.13 Å². The van der Waals surface area contributed by atoms with Crippen LogP contribution < -0.4 is 5.32 Å². The number of nitrogens with one attached hydrogen (secondary N) is 1. The third kappa shape index (κ3) is 3.86. The largest absolute Gasteiger partial charge is 0.327 e. The number of carbonyl (C=O) groups is 4. The van der Waals surface area contributed by atoms with Gasteiger partial charge in [-0.05, 0) is 49.6 Å². The maximum atomic E-state index is 13.3. The van der Waals surface area contributed by atoms with E-state index in [0.29, 0.717) is 42.2 Å². The first-order valence-electron chi connectivity index (χ1n) is 11.5. The summed E-state index contributed by atoms with van der Waals surface area (Å²) in [5.74, 6) is -1.28. The molecule has 0 saturated carbocycles. The number of imide groups is 1. The second-order valence-electron chi connectivity index (χ2n) is 8.51. The summed E-state index contributed by atoms with van der Waals surface area (Å²) in [6, 6.07) is 11.6. The SMILES string of the molecule is CCCCN1C(=O)c2ccc(C(=O)N3CCCC3C(=O)Nc3nc4ccccc4s3)cc2C1=O. The van der Waals surface area contributed by atoms with Gasteiger partial charge in [-0.2, -0.15) is 0 Å². The van der Waals surface area contributed by atoms with Crippen molar-refractivity contribution in [2.45, 2.75) is 38.6 Å². The summed E-state index contributed by atoms with van der Waals surface area (Å²) in [7, 11) is 0. The first kappa shape index (κ1) is 22.2. The topological polar surface area (TPSA) is 99.7 Å². The third-order valence-electron chi connectivity index (χ3n) is 6.29. The maximum absolute atomic E-state index is 13.3. The van der Waals surface area contributed by atoms with Crippen molar-refractivity contribution in [2.24, 2.45) is 0 Å². The highest BCUT2D eigenvalue weighted by Crippen LogP contribution is 2.29. The fraction of sp³-hybridized carbons (Fsp3) is 0.320. The fourth-order valence-electron chi connectivity index (χ4n) is 4.51. The molecular formula is C25H24N4O4S. The number of fused-ring (bicyclic) bond motifs is 2. The zero-order valence-corrected chi connectivity index (χ0v) is 19.6. The molecule has 1 N–H and O–H groups in total. The van der Waals surface area contributed by atoms with Crippen LogP contribution in [0.25, 0.3) is 10.2 Å². The molecule has 0 spiro atoms. The predicted molar refractivity (Wildman–Crippen MR) is 129 cm³/mol. The molecular weight excluding hydrogens is 452 g/mol. The van der Waals surface area contributed by atoms with Gasteiger partial charge in [0.05, 0.1) is 21.3 Å². The lowest BCUT2D eigenvalue weighted by Gasteiger charge is -2.23. The van der Waals surface area contributed by atoms with Crippen molar-refractivity contribution in [1.82, 2.24) is 14.8 Å². The van der Waals surface area contributed by atoms with Crippen LogP contribution in [0, 0.1) is 0 Å². The lowest BCUT2D eigenvalue weighted by atomic mass is 10.0. The Balaban J connectivity index is 1.33. The number of para-hydroxylation sites is 1. The Morgan fingerprint density at radius 3 is 2.71 bits per heavy atom. The summed E-state index contributed by atoms with van der Waals surface area (Å²) in [5.41, 5.74) is 1.69. The number of nitrogens with zero attached hydrogens (tertiary/aromatic N) is 3. The molecule has 5 rings (SSSR count). The Kier molecular flexibility index (Phi) is 5.87. The Morgan fingerprint density at radius 1 is 1.12 bits per heavy atom. The molecule has 1 saturated heterocycles. The Bertz CT molecular complexity index is 1280. The maximum Gasteiger partial charge on any atom is 0.261 e. The molecule has 0 radical (unpaired) electrons. The van der Waals surface area contributed by atoms with Crippen LogP contribution in [0.15, 0.2) is 42.5 Å². The molecule has 0 aliphatic carbocycles. The van der Waals surface area contributed by atoms with Crippen molar-refractivity contribution in [1.29, 1.82) is 0 Å². The summed E-state index contributed by atoms with van der Waals surface area (Å²) >= 11 is 1.39. The minimum Gasteiger partial charge on any atom is -0.327 e. The van der Waals surface area contributed by atoms with Crippen LogP contribution in [-0.2, 0) is 4.79 Å². The summed E-state index contributed by atoms with van der Waals surface area (Å²) in [6.45, 7) is 2.81. The fourth-order valence-corrected chi connectivity index (χ4v) is 5.37. The van der Waals surface area contributed by atoms with Gasteiger partial charge in [0.1, 0.15) is 6.04 Å². The van der Waals surface area contributed by atoms with Crippen molar-refractivity contribution in [2.75, 3.05) is 18.4 Å². The van der Waals surface area contributed by atoms with E-state index in [1.807, 2.05) is 31.2 Å². The lowest BCUT2D eigenvalue weighted by molar-refractivity contribution is -0.119. The number of benzene rings is 2. The van der Waals surface area contributed by atoms with Crippen molar-refractivity contribution < 1.29 is 19.2 Å². The van der Waals surface area contributed by atoms with E-state index >= 15 is 0 Å². The normalized spacial score (nSPS) is 17.5. The number of hydrogen-bond acceptors (Lipinski definition) is 6. The first-order valence-corrected chi connectivity index (χ1v) is 12.3. The Morgan fingerprint density at radius 2 is 1.91 bits per heavy atom. The van der Waals surface area contributed by atoms with Gasteiger partial charge in [-0.1, -0.05) is 36.8 Å². The van der Waals surface area contributed by atoms with E-state index in [9.17, 15) is 19.2 Å². The molecule has 2 aliphatic heterocycles. The van der Waals surface area contributed by atoms with E-state index in [-0.39, 0.29) is 29.2 Å². The van der Waals surface area contributed by atoms with E-state index in [1.54, 1.807) is 17.0 Å². The van der Waals surface area contributed by atoms with Crippen LogP contribution >= 0.6 is 11.3 Å². The smallest absolute Gasteiger partial charge is 0.261 e. The van der Waals surface area contributed by atoms with Crippen LogP contribution in [0.1, 0.15) is 63.7 Å². The second-order valence-corrected chi connectivity index (χ2v) is 9.54. The monoisotopic (exact) mass is 476 g/mol. The molecule has 2 aromatic carbocycles. The number of likely N-dealkylation sites (tertiary alicyclic amines) is 1. The number of unbranched alkanes of at least 4 members (excludes halogenated alkanes) is 1. The minimum atomic E-state index is -0.619. The van der Waals surface area contributed by atoms with Gasteiger partial charge in [0.2, 0.25) is 5.91 Å². The molecule has 174 valence electrons.